The molecule has 7 heteroatoms. The summed E-state index contributed by atoms with van der Waals surface area (Å²) in [5.74, 6) is 0.150. The van der Waals surface area contributed by atoms with Gasteiger partial charge in [0.05, 0.1) is 12.0 Å². The number of hydroxylamine groups is 1. The normalized spacial score (nSPS) is 11.8. The molecule has 0 atom stereocenters. The van der Waals surface area contributed by atoms with Crippen molar-refractivity contribution in [1.82, 2.24) is 4.47 Å². The van der Waals surface area contributed by atoms with Crippen LogP contribution >= 0.6 is 0 Å². The lowest BCUT2D eigenvalue weighted by Gasteiger charge is -2.14. The zero-order valence-corrected chi connectivity index (χ0v) is 15.5. The summed E-state index contributed by atoms with van der Waals surface area (Å²) >= 11 is 0. The molecule has 0 aliphatic carbocycles. The Kier molecular flexibility index (Phi) is 5.94. The second-order valence-electron chi connectivity index (χ2n) is 5.85. The Balaban J connectivity index is 2.12. The topological polar surface area (TPSA) is 75.7 Å². The largest absolute Gasteiger partial charge is 0.322 e. The van der Waals surface area contributed by atoms with E-state index in [-0.39, 0.29) is 10.8 Å². The summed E-state index contributed by atoms with van der Waals surface area (Å²) < 4.78 is 25.0. The van der Waals surface area contributed by atoms with E-state index in [0.717, 1.165) is 10.0 Å². The highest BCUT2D eigenvalue weighted by Crippen LogP contribution is 2.19. The van der Waals surface area contributed by atoms with Crippen LogP contribution in [0.2, 0.25) is 0 Å². The van der Waals surface area contributed by atoms with Gasteiger partial charge in [-0.2, -0.15) is 0 Å². The second-order valence-corrected chi connectivity index (χ2v) is 7.79. The highest BCUT2D eigenvalue weighted by atomic mass is 32.2. The third kappa shape index (κ3) is 4.45. The molecule has 0 fully saturated rings. The van der Waals surface area contributed by atoms with Gasteiger partial charge < -0.3 is 5.32 Å². The van der Waals surface area contributed by atoms with Crippen molar-refractivity contribution in [2.75, 3.05) is 19.5 Å². The lowest BCUT2D eigenvalue weighted by molar-refractivity contribution is -0.0258. The standard InChI is InChI=1S/C18H22N2O4S/c1-13(2)14-5-7-15(8-6-14)18(21)19-16-9-11-17(12-10-16)25(22,23)20(3)24-4/h5-13H,1-4H3,(H,19,21). The van der Waals surface area contributed by atoms with Gasteiger partial charge in [-0.15, -0.1) is 0 Å². The van der Waals surface area contributed by atoms with Crippen molar-refractivity contribution >= 4 is 21.6 Å². The molecule has 0 saturated heterocycles. The number of hydrogen-bond acceptors (Lipinski definition) is 4. The SMILES string of the molecule is CON(C)S(=O)(=O)c1ccc(NC(=O)c2ccc(C(C)C)cc2)cc1. The maximum absolute atomic E-state index is 12.3. The van der Waals surface area contributed by atoms with Crippen molar-refractivity contribution in [1.29, 1.82) is 0 Å². The number of carbonyl (C=O) groups is 1. The molecule has 0 aromatic heterocycles. The number of nitrogens with one attached hydrogen (secondary N) is 1. The fraction of sp³-hybridized carbons (Fsp3) is 0.278. The van der Waals surface area contributed by atoms with Crippen molar-refractivity contribution in [2.24, 2.45) is 0 Å². The lowest BCUT2D eigenvalue weighted by atomic mass is 10.0. The first-order valence-electron chi connectivity index (χ1n) is 7.80. The van der Waals surface area contributed by atoms with Crippen molar-refractivity contribution in [3.8, 4) is 0 Å². The monoisotopic (exact) mass is 362 g/mol. The van der Waals surface area contributed by atoms with E-state index in [1.54, 1.807) is 12.1 Å². The van der Waals surface area contributed by atoms with Crippen LogP contribution in [0, 0.1) is 0 Å². The minimum absolute atomic E-state index is 0.0798. The van der Waals surface area contributed by atoms with E-state index in [1.807, 2.05) is 12.1 Å². The molecule has 2 aromatic rings. The van der Waals surface area contributed by atoms with Gasteiger partial charge in [-0.05, 0) is 47.9 Å². The van der Waals surface area contributed by atoms with E-state index in [9.17, 15) is 13.2 Å². The number of carbonyl (C=O) groups excluding carboxylic acids is 1. The van der Waals surface area contributed by atoms with E-state index in [1.165, 1.54) is 38.4 Å². The van der Waals surface area contributed by atoms with Gasteiger partial charge in [0.2, 0.25) is 0 Å². The van der Waals surface area contributed by atoms with Crippen molar-refractivity contribution in [2.45, 2.75) is 24.7 Å². The third-order valence-corrected chi connectivity index (χ3v) is 5.54. The first-order chi connectivity index (χ1) is 11.8. The van der Waals surface area contributed by atoms with Gasteiger partial charge in [0, 0.05) is 18.3 Å². The molecule has 0 heterocycles. The van der Waals surface area contributed by atoms with Crippen molar-refractivity contribution < 1.29 is 18.0 Å². The van der Waals surface area contributed by atoms with Crippen molar-refractivity contribution in [3.05, 3.63) is 59.7 Å². The van der Waals surface area contributed by atoms with Crippen LogP contribution in [0.3, 0.4) is 0 Å². The molecule has 0 unspecified atom stereocenters. The summed E-state index contributed by atoms with van der Waals surface area (Å²) in [7, 11) is -1.12. The molecule has 0 radical (unpaired) electrons. The molecular weight excluding hydrogens is 340 g/mol. The Bertz CT molecular complexity index is 828. The number of anilines is 1. The van der Waals surface area contributed by atoms with Crippen LogP contribution in [0.1, 0.15) is 35.7 Å². The fourth-order valence-corrected chi connectivity index (χ4v) is 3.15. The van der Waals surface area contributed by atoms with Crippen LogP contribution in [0.25, 0.3) is 0 Å². The van der Waals surface area contributed by atoms with Crippen LogP contribution in [0.15, 0.2) is 53.4 Å². The van der Waals surface area contributed by atoms with Gasteiger partial charge >= 0.3 is 0 Å². The third-order valence-electron chi connectivity index (χ3n) is 3.85. The van der Waals surface area contributed by atoms with Crippen LogP contribution < -0.4 is 5.32 Å². The first kappa shape index (κ1) is 19.1. The summed E-state index contributed by atoms with van der Waals surface area (Å²) in [5, 5.41) is 2.75. The van der Waals surface area contributed by atoms with Crippen LogP contribution in [-0.2, 0) is 14.9 Å². The molecule has 25 heavy (non-hydrogen) atoms. The zero-order chi connectivity index (χ0) is 18.6. The number of nitrogens with zero attached hydrogens (tertiary/aromatic N) is 1. The molecule has 1 amide bonds. The predicted molar refractivity (Wildman–Crippen MR) is 96.9 cm³/mol. The molecule has 2 rings (SSSR count). The van der Waals surface area contributed by atoms with E-state index in [2.05, 4.69) is 19.2 Å². The maximum Gasteiger partial charge on any atom is 0.264 e. The summed E-state index contributed by atoms with van der Waals surface area (Å²) in [4.78, 5) is 17.1. The molecule has 0 spiro atoms. The van der Waals surface area contributed by atoms with Gasteiger partial charge in [-0.1, -0.05) is 30.4 Å². The van der Waals surface area contributed by atoms with Crippen LogP contribution in [-0.4, -0.2) is 33.0 Å². The molecule has 0 aliphatic rings. The Morgan fingerprint density at radius 3 is 2.08 bits per heavy atom. The average molecular weight is 362 g/mol. The van der Waals surface area contributed by atoms with E-state index in [4.69, 9.17) is 4.84 Å². The van der Waals surface area contributed by atoms with Crippen LogP contribution in [0.4, 0.5) is 5.69 Å². The Hall–Kier alpha value is -2.22. The number of hydrogen-bond donors (Lipinski definition) is 1. The molecule has 134 valence electrons. The zero-order valence-electron chi connectivity index (χ0n) is 14.7. The Morgan fingerprint density at radius 1 is 1.04 bits per heavy atom. The molecule has 2 aromatic carbocycles. The minimum atomic E-state index is -3.70. The van der Waals surface area contributed by atoms with Crippen molar-refractivity contribution in [3.63, 3.8) is 0 Å². The maximum atomic E-state index is 12.3. The fourth-order valence-electron chi connectivity index (χ4n) is 2.18. The van der Waals surface area contributed by atoms with E-state index in [0.29, 0.717) is 17.2 Å². The lowest BCUT2D eigenvalue weighted by Crippen LogP contribution is -2.25. The highest BCUT2D eigenvalue weighted by molar-refractivity contribution is 7.89. The number of amides is 1. The van der Waals surface area contributed by atoms with Gasteiger partial charge in [-0.25, -0.2) is 8.42 Å². The van der Waals surface area contributed by atoms with E-state index >= 15 is 0 Å². The second kappa shape index (κ2) is 7.77. The molecular formula is C18H22N2O4S. The quantitative estimate of drug-likeness (QED) is 0.801. The van der Waals surface area contributed by atoms with Gasteiger partial charge in [0.25, 0.3) is 15.9 Å². The van der Waals surface area contributed by atoms with Gasteiger partial charge in [0.1, 0.15) is 0 Å². The molecule has 1 N–H and O–H groups in total. The van der Waals surface area contributed by atoms with Gasteiger partial charge in [0.15, 0.2) is 0 Å². The van der Waals surface area contributed by atoms with Gasteiger partial charge in [-0.3, -0.25) is 9.63 Å². The van der Waals surface area contributed by atoms with E-state index < -0.39 is 10.0 Å². The number of benzene rings is 2. The summed E-state index contributed by atoms with van der Waals surface area (Å²) in [6, 6.07) is 13.3. The molecule has 0 saturated carbocycles. The first-order valence-corrected chi connectivity index (χ1v) is 9.24. The number of rotatable bonds is 6. The summed E-state index contributed by atoms with van der Waals surface area (Å²) in [5.41, 5.74) is 2.21. The minimum Gasteiger partial charge on any atom is -0.322 e. The smallest absolute Gasteiger partial charge is 0.264 e. The molecule has 0 aliphatic heterocycles. The Morgan fingerprint density at radius 2 is 1.60 bits per heavy atom. The summed E-state index contributed by atoms with van der Waals surface area (Å²) in [6.07, 6.45) is 0. The Labute approximate surface area is 148 Å². The summed E-state index contributed by atoms with van der Waals surface area (Å²) in [6.45, 7) is 4.18. The molecule has 6 nitrogen and oxygen atoms in total. The molecule has 0 bridgehead atoms. The van der Waals surface area contributed by atoms with Crippen LogP contribution in [0.5, 0.6) is 0 Å². The average Bonchev–Trinajstić information content (AvgIpc) is 2.61. The predicted octanol–water partition coefficient (Wildman–Crippen LogP) is 3.24. The highest BCUT2D eigenvalue weighted by Gasteiger charge is 2.20. The number of sulfonamides is 1.